The first-order valence-corrected chi connectivity index (χ1v) is 24.4. The minimum atomic E-state index is -0.433. The molecule has 6 rings (SSSR count). The van der Waals surface area contributed by atoms with Crippen LogP contribution in [0.4, 0.5) is 0 Å². The molecule has 6 bridgehead atoms. The molecule has 6 aliphatic carbocycles. The molecule has 10 heteroatoms. The fourth-order valence-electron chi connectivity index (χ4n) is 11.0. The van der Waals surface area contributed by atoms with Crippen molar-refractivity contribution in [2.24, 2.45) is 35.3 Å². The maximum absolute atomic E-state index is 11.7. The third kappa shape index (κ3) is 15.5. The van der Waals surface area contributed by atoms with Crippen LogP contribution in [0, 0.1) is 29.6 Å². The van der Waals surface area contributed by atoms with Crippen molar-refractivity contribution in [3.05, 3.63) is 52.5 Å². The molecule has 0 radical (unpaired) electrons. The molecule has 3 fully saturated rings. The van der Waals surface area contributed by atoms with Gasteiger partial charge in [0.15, 0.2) is 0 Å². The molecule has 0 aromatic heterocycles. The predicted octanol–water partition coefficient (Wildman–Crippen LogP) is 8.22. The third-order valence-corrected chi connectivity index (χ3v) is 14.4. The van der Waals surface area contributed by atoms with Gasteiger partial charge in [0.2, 0.25) is 0 Å². The maximum atomic E-state index is 11.7. The molecule has 5 N–H and O–H groups in total. The Morgan fingerprint density at radius 2 is 1.55 bits per heavy atom. The lowest BCUT2D eigenvalue weighted by molar-refractivity contribution is -0.110. The van der Waals surface area contributed by atoms with Gasteiger partial charge in [0.25, 0.3) is 0 Å². The number of ether oxygens (including phenoxy) is 6. The molecule has 8 atom stereocenters. The molecule has 340 valence electrons. The van der Waals surface area contributed by atoms with Gasteiger partial charge in [-0.3, -0.25) is 5.32 Å². The van der Waals surface area contributed by atoms with Crippen LogP contribution in [0.1, 0.15) is 135 Å². The monoisotopic (exact) mass is 839 g/mol. The summed E-state index contributed by atoms with van der Waals surface area (Å²) < 4.78 is 37.4. The van der Waals surface area contributed by atoms with E-state index in [2.05, 4.69) is 42.3 Å². The number of aliphatic hydroxyl groups excluding tert-OH is 2. The van der Waals surface area contributed by atoms with Crippen molar-refractivity contribution in [1.29, 1.82) is 0 Å². The van der Waals surface area contributed by atoms with Gasteiger partial charge in [-0.15, -0.1) is 5.73 Å². The zero-order valence-corrected chi connectivity index (χ0v) is 37.2. The molecule has 10 nitrogen and oxygen atoms in total. The quantitative estimate of drug-likeness (QED) is 0.0509. The molecule has 0 spiro atoms. The van der Waals surface area contributed by atoms with Crippen LogP contribution in [0.5, 0.6) is 0 Å². The molecule has 0 heterocycles. The normalized spacial score (nSPS) is 32.7. The number of nitrogens with two attached hydrogens (primary N) is 1. The smallest absolute Gasteiger partial charge is 0.111 e. The highest BCUT2D eigenvalue weighted by molar-refractivity contribution is 5.26. The van der Waals surface area contributed by atoms with Crippen molar-refractivity contribution >= 4 is 0 Å². The highest BCUT2D eigenvalue weighted by Gasteiger charge is 2.34. The van der Waals surface area contributed by atoms with Gasteiger partial charge in [-0.2, -0.15) is 0 Å². The van der Waals surface area contributed by atoms with Crippen LogP contribution >= 0.6 is 0 Å². The first-order chi connectivity index (χ1) is 29.5. The SMILES string of the molecule is CCC1=C(OCCOCCOC2CCCCC2OCCOCCO)CCC2=CC=CC(CC3CCCC(CC4=C=CCC(C1)C4OCNCCC1CCC(N)CC1)C3)C2O. The van der Waals surface area contributed by atoms with Crippen LogP contribution in [0.15, 0.2) is 52.5 Å². The lowest BCUT2D eigenvalue weighted by Crippen LogP contribution is -2.36. The van der Waals surface area contributed by atoms with Gasteiger partial charge in [-0.1, -0.05) is 57.3 Å². The van der Waals surface area contributed by atoms with E-state index >= 15 is 0 Å². The van der Waals surface area contributed by atoms with Crippen LogP contribution in [-0.2, 0) is 28.4 Å². The Morgan fingerprint density at radius 1 is 0.800 bits per heavy atom. The third-order valence-electron chi connectivity index (χ3n) is 14.4. The standard InChI is InChI=1S/C50H82N2O8/c1-2-40-35-44-13-7-12-43(50(44)60-36-52-23-22-37-16-19-45(51)20-17-37)34-39-9-5-8-38(32-39)33-42-11-6-10-41(49(42)54)18-21-46(40)57-29-27-56-28-31-59-48-15-4-3-14-47(48)58-30-26-55-25-24-53/h6-7,10-11,37-39,42,44-45,47-50,52-54H,2-5,8-9,13-36,51H2,1H3. The topological polar surface area (TPSA) is 134 Å². The molecule has 0 aromatic rings. The van der Waals surface area contributed by atoms with Gasteiger partial charge in [0.1, 0.15) is 6.61 Å². The lowest BCUT2D eigenvalue weighted by atomic mass is 9.71. The number of hydrogen-bond donors (Lipinski definition) is 4. The van der Waals surface area contributed by atoms with Gasteiger partial charge >= 0.3 is 0 Å². The Bertz CT molecular complexity index is 1400. The maximum Gasteiger partial charge on any atom is 0.111 e. The van der Waals surface area contributed by atoms with Crippen LogP contribution in [0.25, 0.3) is 0 Å². The van der Waals surface area contributed by atoms with Crippen LogP contribution < -0.4 is 11.1 Å². The highest BCUT2D eigenvalue weighted by Crippen LogP contribution is 2.42. The van der Waals surface area contributed by atoms with Gasteiger partial charge in [0.05, 0.1) is 83.2 Å². The number of allylic oxidation sites excluding steroid dienone is 4. The largest absolute Gasteiger partial charge is 0.496 e. The fraction of sp³-hybridized carbons (Fsp3) is 0.820. The van der Waals surface area contributed by atoms with Crippen LogP contribution in [0.2, 0.25) is 0 Å². The summed E-state index contributed by atoms with van der Waals surface area (Å²) >= 11 is 0. The van der Waals surface area contributed by atoms with Crippen molar-refractivity contribution in [2.45, 2.75) is 166 Å². The summed E-state index contributed by atoms with van der Waals surface area (Å²) in [6.07, 6.45) is 30.4. The van der Waals surface area contributed by atoms with Crippen molar-refractivity contribution in [3.8, 4) is 0 Å². The zero-order valence-electron chi connectivity index (χ0n) is 37.2. The van der Waals surface area contributed by atoms with Crippen molar-refractivity contribution < 1.29 is 38.6 Å². The molecule has 0 aromatic carbocycles. The Hall–Kier alpha value is -1.82. The average molecular weight is 839 g/mol. The molecule has 60 heavy (non-hydrogen) atoms. The number of hydrogen-bond acceptors (Lipinski definition) is 10. The zero-order chi connectivity index (χ0) is 41.8. The second-order valence-electron chi connectivity index (χ2n) is 18.7. The molecule has 6 aliphatic rings. The van der Waals surface area contributed by atoms with E-state index in [0.717, 1.165) is 107 Å². The highest BCUT2D eigenvalue weighted by atomic mass is 16.6. The summed E-state index contributed by atoms with van der Waals surface area (Å²) in [5.74, 6) is 3.59. The number of nitrogens with one attached hydrogen (secondary N) is 1. The van der Waals surface area contributed by atoms with E-state index in [-0.39, 0.29) is 30.8 Å². The molecule has 3 saturated carbocycles. The summed E-state index contributed by atoms with van der Waals surface area (Å²) in [5, 5.41) is 24.3. The van der Waals surface area contributed by atoms with E-state index < -0.39 is 6.10 Å². The summed E-state index contributed by atoms with van der Waals surface area (Å²) in [6.45, 7) is 7.16. The van der Waals surface area contributed by atoms with E-state index in [4.69, 9.17) is 39.3 Å². The molecule has 0 aliphatic heterocycles. The molecule has 0 saturated heterocycles. The number of fused-ring (bicyclic) bond motifs is 6. The summed E-state index contributed by atoms with van der Waals surface area (Å²) in [7, 11) is 0. The summed E-state index contributed by atoms with van der Waals surface area (Å²) in [6, 6.07) is 0.394. The van der Waals surface area contributed by atoms with E-state index in [1.54, 1.807) is 0 Å². The number of rotatable bonds is 21. The van der Waals surface area contributed by atoms with Gasteiger partial charge in [-0.05, 0) is 137 Å². The van der Waals surface area contributed by atoms with Crippen LogP contribution in [0.3, 0.4) is 0 Å². The minimum Gasteiger partial charge on any atom is -0.496 e. The summed E-state index contributed by atoms with van der Waals surface area (Å²) in [5.41, 5.74) is 13.8. The van der Waals surface area contributed by atoms with E-state index in [1.807, 2.05) is 0 Å². The van der Waals surface area contributed by atoms with E-state index in [1.165, 1.54) is 56.1 Å². The molecule has 8 unspecified atom stereocenters. The first kappa shape index (κ1) is 47.7. The second-order valence-corrected chi connectivity index (χ2v) is 18.7. The Labute approximate surface area is 362 Å². The molecule has 0 amide bonds. The van der Waals surface area contributed by atoms with Gasteiger partial charge in [-0.25, -0.2) is 0 Å². The second kappa shape index (κ2) is 26.7. The van der Waals surface area contributed by atoms with Crippen molar-refractivity contribution in [2.75, 3.05) is 66.1 Å². The Morgan fingerprint density at radius 3 is 2.32 bits per heavy atom. The van der Waals surface area contributed by atoms with E-state index in [0.29, 0.717) is 76.8 Å². The minimum absolute atomic E-state index is 0.0290. The van der Waals surface area contributed by atoms with Gasteiger partial charge < -0.3 is 44.4 Å². The average Bonchev–Trinajstić information content (AvgIpc) is 3.26. The van der Waals surface area contributed by atoms with Crippen molar-refractivity contribution in [1.82, 2.24) is 5.32 Å². The number of aliphatic hydroxyl groups is 2. The van der Waals surface area contributed by atoms with Crippen molar-refractivity contribution in [3.63, 3.8) is 0 Å². The Kier molecular flexibility index (Phi) is 21.2. The molecular weight excluding hydrogens is 757 g/mol. The van der Waals surface area contributed by atoms with E-state index in [9.17, 15) is 5.11 Å². The van der Waals surface area contributed by atoms with Gasteiger partial charge in [0, 0.05) is 24.0 Å². The first-order valence-electron chi connectivity index (χ1n) is 24.4. The summed E-state index contributed by atoms with van der Waals surface area (Å²) in [4.78, 5) is 0. The fourth-order valence-corrected chi connectivity index (χ4v) is 11.0. The lowest BCUT2D eigenvalue weighted by Gasteiger charge is -2.37. The predicted molar refractivity (Wildman–Crippen MR) is 237 cm³/mol. The van der Waals surface area contributed by atoms with Crippen LogP contribution in [-0.4, -0.2) is 107 Å². The molecular formula is C50H82N2O8. The Balaban J connectivity index is 1.07.